The van der Waals surface area contributed by atoms with E-state index in [9.17, 15) is 18.3 Å². The highest BCUT2D eigenvalue weighted by Gasteiger charge is 2.45. The number of amides is 1. The number of aliphatic hydroxyl groups is 1. The minimum Gasteiger partial charge on any atom is -0.390 e. The summed E-state index contributed by atoms with van der Waals surface area (Å²) in [7, 11) is -3.75. The first-order valence-corrected chi connectivity index (χ1v) is 10.5. The summed E-state index contributed by atoms with van der Waals surface area (Å²) in [6, 6.07) is 10.8. The minimum atomic E-state index is -3.75. The lowest BCUT2D eigenvalue weighted by molar-refractivity contribution is -0.0250. The monoisotopic (exact) mass is 403 g/mol. The lowest BCUT2D eigenvalue weighted by atomic mass is 9.79. The van der Waals surface area contributed by atoms with Crippen molar-refractivity contribution in [2.24, 2.45) is 5.41 Å². The molecule has 1 saturated heterocycles. The molecule has 1 aliphatic rings. The molecule has 1 aromatic heterocycles. The maximum absolute atomic E-state index is 13.1. The summed E-state index contributed by atoms with van der Waals surface area (Å²) < 4.78 is 27.6. The summed E-state index contributed by atoms with van der Waals surface area (Å²) in [6.07, 6.45) is 0.606. The molecule has 0 radical (unpaired) electrons. The predicted octanol–water partition coefficient (Wildman–Crippen LogP) is 1.58. The van der Waals surface area contributed by atoms with Crippen LogP contribution in [-0.2, 0) is 10.0 Å². The molecular weight excluding hydrogens is 378 g/mol. The van der Waals surface area contributed by atoms with E-state index < -0.39 is 33.5 Å². The molecular formula is C20H25N3O4S. The lowest BCUT2D eigenvalue weighted by Gasteiger charge is -2.45. The number of rotatable bonds is 4. The Labute approximate surface area is 165 Å². The Morgan fingerprint density at radius 2 is 1.89 bits per heavy atom. The summed E-state index contributed by atoms with van der Waals surface area (Å²) in [6.45, 7) is 5.60. The third kappa shape index (κ3) is 4.09. The number of sulfonamides is 1. The quantitative estimate of drug-likeness (QED) is 0.807. The van der Waals surface area contributed by atoms with Gasteiger partial charge in [0.05, 0.1) is 17.0 Å². The molecule has 150 valence electrons. The van der Waals surface area contributed by atoms with Crippen molar-refractivity contribution in [3.8, 4) is 0 Å². The highest BCUT2D eigenvalue weighted by atomic mass is 32.2. The van der Waals surface area contributed by atoms with Crippen LogP contribution in [0.3, 0.4) is 0 Å². The van der Waals surface area contributed by atoms with E-state index in [1.165, 1.54) is 10.5 Å². The van der Waals surface area contributed by atoms with Gasteiger partial charge < -0.3 is 10.4 Å². The number of carbonyl (C=O) groups excluding carboxylic acids is 1. The number of hydrogen-bond donors (Lipinski definition) is 2. The van der Waals surface area contributed by atoms with Crippen LogP contribution in [0.4, 0.5) is 0 Å². The van der Waals surface area contributed by atoms with Crippen molar-refractivity contribution in [3.63, 3.8) is 0 Å². The maximum atomic E-state index is 13.1. The normalized spacial score (nSPS) is 22.6. The largest absolute Gasteiger partial charge is 0.390 e. The number of piperidine rings is 1. The van der Waals surface area contributed by atoms with Gasteiger partial charge in [-0.3, -0.25) is 9.78 Å². The van der Waals surface area contributed by atoms with Gasteiger partial charge >= 0.3 is 0 Å². The summed E-state index contributed by atoms with van der Waals surface area (Å²) in [5.74, 6) is -0.449. The van der Waals surface area contributed by atoms with Gasteiger partial charge in [-0.2, -0.15) is 4.31 Å². The Morgan fingerprint density at radius 3 is 2.50 bits per heavy atom. The van der Waals surface area contributed by atoms with E-state index in [-0.39, 0.29) is 23.7 Å². The molecule has 0 unspecified atom stereocenters. The summed E-state index contributed by atoms with van der Waals surface area (Å²) in [5, 5.41) is 13.5. The molecule has 2 heterocycles. The van der Waals surface area contributed by atoms with Crippen molar-refractivity contribution in [2.45, 2.75) is 37.8 Å². The summed E-state index contributed by atoms with van der Waals surface area (Å²) in [4.78, 5) is 16.7. The lowest BCUT2D eigenvalue weighted by Crippen LogP contribution is -2.63. The van der Waals surface area contributed by atoms with Gasteiger partial charge in [0.25, 0.3) is 5.91 Å². The van der Waals surface area contributed by atoms with Crippen LogP contribution in [0, 0.1) is 12.3 Å². The average molecular weight is 404 g/mol. The Bertz CT molecular complexity index is 943. The first kappa shape index (κ1) is 20.4. The van der Waals surface area contributed by atoms with Crippen molar-refractivity contribution in [3.05, 3.63) is 59.9 Å². The Kier molecular flexibility index (Phi) is 5.56. The topological polar surface area (TPSA) is 99.6 Å². The summed E-state index contributed by atoms with van der Waals surface area (Å²) >= 11 is 0. The van der Waals surface area contributed by atoms with Crippen LogP contribution in [0.5, 0.6) is 0 Å². The van der Waals surface area contributed by atoms with Gasteiger partial charge in [-0.15, -0.1) is 0 Å². The molecule has 3 rings (SSSR count). The molecule has 2 atom stereocenters. The van der Waals surface area contributed by atoms with Crippen LogP contribution < -0.4 is 5.32 Å². The molecule has 7 nitrogen and oxygen atoms in total. The molecule has 1 aliphatic heterocycles. The predicted molar refractivity (Wildman–Crippen MR) is 105 cm³/mol. The molecule has 1 fully saturated rings. The molecule has 1 amide bonds. The van der Waals surface area contributed by atoms with Gasteiger partial charge in [0.2, 0.25) is 10.0 Å². The third-order valence-corrected chi connectivity index (χ3v) is 6.86. The van der Waals surface area contributed by atoms with Gasteiger partial charge in [-0.05, 0) is 31.2 Å². The van der Waals surface area contributed by atoms with E-state index in [4.69, 9.17) is 0 Å². The van der Waals surface area contributed by atoms with E-state index in [0.717, 1.165) is 5.56 Å². The first-order chi connectivity index (χ1) is 13.1. The summed E-state index contributed by atoms with van der Waals surface area (Å²) in [5.41, 5.74) is 0.442. The van der Waals surface area contributed by atoms with E-state index in [1.807, 2.05) is 6.92 Å². The standard InChI is InChI=1S/C20H25N3O4S/c1-14-7-9-15(10-8-14)28(26,27)23-12-17(18(24)20(2,3)13-23)22-19(25)16-6-4-5-11-21-16/h4-11,17-18,24H,12-13H2,1-3H3,(H,22,25)/t17-,18+/m1/s1. The zero-order valence-electron chi connectivity index (χ0n) is 16.2. The molecule has 2 N–H and O–H groups in total. The number of pyridine rings is 1. The molecule has 28 heavy (non-hydrogen) atoms. The zero-order valence-corrected chi connectivity index (χ0v) is 17.0. The Balaban J connectivity index is 1.86. The third-order valence-electron chi connectivity index (χ3n) is 5.04. The van der Waals surface area contributed by atoms with Crippen LogP contribution in [-0.4, -0.2) is 54.0 Å². The first-order valence-electron chi connectivity index (χ1n) is 9.08. The van der Waals surface area contributed by atoms with Crippen molar-refractivity contribution >= 4 is 15.9 Å². The average Bonchev–Trinajstić information content (AvgIpc) is 2.66. The number of aromatic nitrogens is 1. The van der Waals surface area contributed by atoms with Crippen LogP contribution in [0.15, 0.2) is 53.6 Å². The number of nitrogens with zero attached hydrogens (tertiary/aromatic N) is 2. The smallest absolute Gasteiger partial charge is 0.270 e. The van der Waals surface area contributed by atoms with Crippen molar-refractivity contribution in [1.82, 2.24) is 14.6 Å². The highest BCUT2D eigenvalue weighted by molar-refractivity contribution is 7.89. The minimum absolute atomic E-state index is 0.0145. The van der Waals surface area contributed by atoms with Crippen molar-refractivity contribution in [1.29, 1.82) is 0 Å². The van der Waals surface area contributed by atoms with Gasteiger partial charge in [0.1, 0.15) is 5.69 Å². The van der Waals surface area contributed by atoms with Crippen molar-refractivity contribution in [2.75, 3.05) is 13.1 Å². The molecule has 0 spiro atoms. The number of hydrogen-bond acceptors (Lipinski definition) is 5. The second-order valence-corrected chi connectivity index (χ2v) is 9.78. The van der Waals surface area contributed by atoms with Gasteiger partial charge in [0, 0.05) is 24.7 Å². The molecule has 0 bridgehead atoms. The van der Waals surface area contributed by atoms with Gasteiger partial charge in [-0.25, -0.2) is 8.42 Å². The van der Waals surface area contributed by atoms with Crippen LogP contribution >= 0.6 is 0 Å². The number of aliphatic hydroxyl groups excluding tert-OH is 1. The Hall–Kier alpha value is -2.29. The van der Waals surface area contributed by atoms with E-state index in [1.54, 1.807) is 56.3 Å². The molecule has 2 aromatic rings. The van der Waals surface area contributed by atoms with Crippen LogP contribution in [0.1, 0.15) is 29.9 Å². The fourth-order valence-corrected chi connectivity index (χ4v) is 5.02. The number of benzene rings is 1. The highest BCUT2D eigenvalue weighted by Crippen LogP contribution is 2.32. The van der Waals surface area contributed by atoms with E-state index >= 15 is 0 Å². The van der Waals surface area contributed by atoms with Gasteiger partial charge in [-0.1, -0.05) is 37.6 Å². The van der Waals surface area contributed by atoms with E-state index in [2.05, 4.69) is 10.3 Å². The van der Waals surface area contributed by atoms with Crippen molar-refractivity contribution < 1.29 is 18.3 Å². The molecule has 0 saturated carbocycles. The van der Waals surface area contributed by atoms with E-state index in [0.29, 0.717) is 0 Å². The molecule has 0 aliphatic carbocycles. The number of nitrogens with one attached hydrogen (secondary N) is 1. The van der Waals surface area contributed by atoms with Crippen LogP contribution in [0.2, 0.25) is 0 Å². The second-order valence-electron chi connectivity index (χ2n) is 7.84. The second kappa shape index (κ2) is 7.62. The number of carbonyl (C=O) groups is 1. The fraction of sp³-hybridized carbons (Fsp3) is 0.400. The zero-order chi connectivity index (χ0) is 20.5. The molecule has 8 heteroatoms. The van der Waals surface area contributed by atoms with Gasteiger partial charge in [0.15, 0.2) is 0 Å². The maximum Gasteiger partial charge on any atom is 0.270 e. The Morgan fingerprint density at radius 1 is 1.21 bits per heavy atom. The fourth-order valence-electron chi connectivity index (χ4n) is 3.38. The van der Waals surface area contributed by atoms with Crippen LogP contribution in [0.25, 0.3) is 0 Å². The molecule has 1 aromatic carbocycles. The number of aryl methyl sites for hydroxylation is 1. The SMILES string of the molecule is Cc1ccc(S(=O)(=O)N2C[C@@H](NC(=O)c3ccccn3)[C@H](O)C(C)(C)C2)cc1.